The fraction of sp³-hybridized carbons (Fsp3) is 0.111. The average molecular weight is 172 g/mol. The third-order valence-electron chi connectivity index (χ3n) is 1.89. The Kier molecular flexibility index (Phi) is 1.90. The molecule has 0 unspecified atom stereocenters. The molecule has 0 fully saturated rings. The molecule has 0 saturated carbocycles. The third-order valence-corrected chi connectivity index (χ3v) is 1.89. The number of hydrogen-bond donors (Lipinski definition) is 1. The second kappa shape index (κ2) is 3.21. The van der Waals surface area contributed by atoms with Crippen molar-refractivity contribution < 1.29 is 0 Å². The molecule has 4 nitrogen and oxygen atoms in total. The summed E-state index contributed by atoms with van der Waals surface area (Å²) in [6.45, 7) is 0.380. The highest BCUT2D eigenvalue weighted by atomic mass is 15.1. The van der Waals surface area contributed by atoms with Crippen molar-refractivity contribution in [2.75, 3.05) is 0 Å². The van der Waals surface area contributed by atoms with E-state index in [9.17, 15) is 0 Å². The molecule has 0 spiro atoms. The average Bonchev–Trinajstić information content (AvgIpc) is 2.57. The van der Waals surface area contributed by atoms with Gasteiger partial charge in [-0.1, -0.05) is 23.3 Å². The van der Waals surface area contributed by atoms with Gasteiger partial charge in [0.15, 0.2) is 0 Å². The highest BCUT2D eigenvalue weighted by molar-refractivity contribution is 5.80. The predicted molar refractivity (Wildman–Crippen MR) is 51.1 cm³/mol. The van der Waals surface area contributed by atoms with Crippen LogP contribution in [0.5, 0.6) is 0 Å². The second-order valence-corrected chi connectivity index (χ2v) is 2.77. The monoisotopic (exact) mass is 172 g/mol. The summed E-state index contributed by atoms with van der Waals surface area (Å²) < 4.78 is 0. The summed E-state index contributed by atoms with van der Waals surface area (Å²) in [5, 5.41) is 4.63. The van der Waals surface area contributed by atoms with E-state index in [1.54, 1.807) is 0 Å². The lowest BCUT2D eigenvalue weighted by Gasteiger charge is -1.85. The van der Waals surface area contributed by atoms with E-state index >= 15 is 0 Å². The number of nitrogens with one attached hydrogen (secondary N) is 1. The molecule has 1 aromatic heterocycles. The molecule has 0 saturated heterocycles. The normalized spacial score (nSPS) is 9.85. The van der Waals surface area contributed by atoms with E-state index < -0.39 is 0 Å². The molecule has 0 bridgehead atoms. The summed E-state index contributed by atoms with van der Waals surface area (Å²) in [6, 6.07) is 9.95. The number of aromatic amines is 1. The number of fused-ring (bicyclic) bond motifs is 1. The molecule has 2 aromatic rings. The summed E-state index contributed by atoms with van der Waals surface area (Å²) in [5.41, 5.74) is 10.2. The molecule has 2 rings (SSSR count). The van der Waals surface area contributed by atoms with Gasteiger partial charge in [-0.05, 0) is 23.1 Å². The van der Waals surface area contributed by atoms with Crippen LogP contribution in [0.2, 0.25) is 0 Å². The van der Waals surface area contributed by atoms with Gasteiger partial charge in [0.1, 0.15) is 0 Å². The maximum Gasteiger partial charge on any atom is 0.0662 e. The lowest BCUT2D eigenvalue weighted by molar-refractivity contribution is 1.00. The molecule has 4 heteroatoms. The fourth-order valence-corrected chi connectivity index (χ4v) is 1.33. The Morgan fingerprint density at radius 3 is 3.00 bits per heavy atom. The van der Waals surface area contributed by atoms with Gasteiger partial charge in [-0.2, -0.15) is 0 Å². The number of H-pyrrole nitrogens is 1. The molecular weight excluding hydrogens is 164 g/mol. The first-order chi connectivity index (χ1) is 6.40. The Balaban J connectivity index is 2.43. The zero-order chi connectivity index (χ0) is 9.10. The zero-order valence-corrected chi connectivity index (χ0v) is 6.94. The molecule has 0 aliphatic carbocycles. The molecule has 13 heavy (non-hydrogen) atoms. The fourth-order valence-electron chi connectivity index (χ4n) is 1.33. The van der Waals surface area contributed by atoms with Crippen LogP contribution in [0.25, 0.3) is 21.3 Å². The van der Waals surface area contributed by atoms with Gasteiger partial charge in [-0.3, -0.25) is 0 Å². The number of para-hydroxylation sites is 1. The van der Waals surface area contributed by atoms with E-state index in [4.69, 9.17) is 5.53 Å². The van der Waals surface area contributed by atoms with E-state index in [-0.39, 0.29) is 0 Å². The van der Waals surface area contributed by atoms with Crippen molar-refractivity contribution in [2.24, 2.45) is 5.11 Å². The quantitative estimate of drug-likeness (QED) is 0.411. The van der Waals surface area contributed by atoms with Crippen LogP contribution in [0.3, 0.4) is 0 Å². The number of rotatable bonds is 2. The predicted octanol–water partition coefficient (Wildman–Crippen LogP) is 2.98. The second-order valence-electron chi connectivity index (χ2n) is 2.77. The van der Waals surface area contributed by atoms with Crippen molar-refractivity contribution in [1.82, 2.24) is 4.98 Å². The van der Waals surface area contributed by atoms with Crippen molar-refractivity contribution in [2.45, 2.75) is 6.54 Å². The minimum absolute atomic E-state index is 0.380. The molecule has 64 valence electrons. The van der Waals surface area contributed by atoms with Crippen molar-refractivity contribution in [3.63, 3.8) is 0 Å². The van der Waals surface area contributed by atoms with Crippen molar-refractivity contribution in [3.8, 4) is 0 Å². The zero-order valence-electron chi connectivity index (χ0n) is 6.94. The molecule has 0 aliphatic rings. The molecular formula is C9H8N4. The lowest BCUT2D eigenvalue weighted by Crippen LogP contribution is -1.76. The number of aromatic nitrogens is 1. The van der Waals surface area contributed by atoms with Crippen LogP contribution in [0.1, 0.15) is 5.69 Å². The van der Waals surface area contributed by atoms with Crippen LogP contribution in [0, 0.1) is 0 Å². The summed E-state index contributed by atoms with van der Waals surface area (Å²) in [7, 11) is 0. The Hall–Kier alpha value is -1.93. The summed E-state index contributed by atoms with van der Waals surface area (Å²) in [4.78, 5) is 5.87. The van der Waals surface area contributed by atoms with Gasteiger partial charge in [0.2, 0.25) is 0 Å². The Labute approximate surface area is 74.8 Å². The standard InChI is InChI=1S/C9H8N4/c10-13-11-6-8-5-7-3-1-2-4-9(7)12-8/h1-5,12H,6H2. The van der Waals surface area contributed by atoms with Crippen LogP contribution in [0.15, 0.2) is 35.4 Å². The van der Waals surface area contributed by atoms with Gasteiger partial charge in [0.25, 0.3) is 0 Å². The largest absolute Gasteiger partial charge is 0.358 e. The molecule has 1 heterocycles. The van der Waals surface area contributed by atoms with E-state index in [0.717, 1.165) is 16.6 Å². The highest BCUT2D eigenvalue weighted by Crippen LogP contribution is 2.14. The molecule has 0 aliphatic heterocycles. The van der Waals surface area contributed by atoms with E-state index in [1.165, 1.54) is 0 Å². The lowest BCUT2D eigenvalue weighted by atomic mass is 10.2. The Morgan fingerprint density at radius 1 is 1.38 bits per heavy atom. The minimum atomic E-state index is 0.380. The van der Waals surface area contributed by atoms with Crippen LogP contribution < -0.4 is 0 Å². The van der Waals surface area contributed by atoms with Gasteiger partial charge >= 0.3 is 0 Å². The number of benzene rings is 1. The molecule has 0 amide bonds. The van der Waals surface area contributed by atoms with Crippen molar-refractivity contribution >= 4 is 10.9 Å². The highest BCUT2D eigenvalue weighted by Gasteiger charge is 1.97. The summed E-state index contributed by atoms with van der Waals surface area (Å²) in [6.07, 6.45) is 0. The maximum absolute atomic E-state index is 8.15. The molecule has 1 aromatic carbocycles. The molecule has 0 radical (unpaired) electrons. The van der Waals surface area contributed by atoms with Crippen molar-refractivity contribution in [1.29, 1.82) is 0 Å². The Bertz CT molecular complexity index is 432. The first kappa shape index (κ1) is 7.71. The van der Waals surface area contributed by atoms with Gasteiger partial charge < -0.3 is 4.98 Å². The summed E-state index contributed by atoms with van der Waals surface area (Å²) in [5.74, 6) is 0. The van der Waals surface area contributed by atoms with Gasteiger partial charge in [-0.25, -0.2) is 0 Å². The van der Waals surface area contributed by atoms with Crippen LogP contribution in [0.4, 0.5) is 0 Å². The van der Waals surface area contributed by atoms with Crippen molar-refractivity contribution in [3.05, 3.63) is 46.5 Å². The van der Waals surface area contributed by atoms with Crippen LogP contribution in [-0.2, 0) is 6.54 Å². The van der Waals surface area contributed by atoms with Gasteiger partial charge in [-0.15, -0.1) is 0 Å². The topological polar surface area (TPSA) is 64.6 Å². The molecule has 0 atom stereocenters. The van der Waals surface area contributed by atoms with E-state index in [0.29, 0.717) is 6.54 Å². The number of nitrogens with zero attached hydrogens (tertiary/aromatic N) is 3. The van der Waals surface area contributed by atoms with Gasteiger partial charge in [0, 0.05) is 16.1 Å². The van der Waals surface area contributed by atoms with E-state index in [2.05, 4.69) is 15.0 Å². The van der Waals surface area contributed by atoms with Crippen LogP contribution >= 0.6 is 0 Å². The minimum Gasteiger partial charge on any atom is -0.358 e. The maximum atomic E-state index is 8.15. The first-order valence-electron chi connectivity index (χ1n) is 3.97. The summed E-state index contributed by atoms with van der Waals surface area (Å²) >= 11 is 0. The SMILES string of the molecule is [N-]=[N+]=NCc1cc2ccccc2[nH]1. The molecule has 1 N–H and O–H groups in total. The third kappa shape index (κ3) is 1.48. The first-order valence-corrected chi connectivity index (χ1v) is 3.97. The smallest absolute Gasteiger partial charge is 0.0662 e. The Morgan fingerprint density at radius 2 is 2.23 bits per heavy atom. The van der Waals surface area contributed by atoms with E-state index in [1.807, 2.05) is 30.3 Å². The van der Waals surface area contributed by atoms with Gasteiger partial charge in [0.05, 0.1) is 6.54 Å². The van der Waals surface area contributed by atoms with Crippen LogP contribution in [-0.4, -0.2) is 4.98 Å². The number of hydrogen-bond acceptors (Lipinski definition) is 1. The number of azide groups is 1.